The maximum absolute atomic E-state index is 12.6. The van der Waals surface area contributed by atoms with Gasteiger partial charge in [-0.15, -0.1) is 0 Å². The zero-order valence-electron chi connectivity index (χ0n) is 15.0. The summed E-state index contributed by atoms with van der Waals surface area (Å²) in [5.74, 6) is 0.0827. The molecule has 1 aliphatic heterocycles. The van der Waals surface area contributed by atoms with Gasteiger partial charge in [0.2, 0.25) is 0 Å². The molecule has 148 valence electrons. The number of rotatable bonds is 5. The summed E-state index contributed by atoms with van der Waals surface area (Å²) in [6.45, 7) is 0.970. The first-order valence-corrected chi connectivity index (χ1v) is 9.98. The molecule has 0 saturated carbocycles. The highest BCUT2D eigenvalue weighted by Gasteiger charge is 2.25. The molecule has 0 spiro atoms. The number of benzene rings is 2. The largest absolute Gasteiger partial charge is 0.482 e. The molecule has 1 heterocycles. The molecule has 2 amide bonds. The lowest BCUT2D eigenvalue weighted by atomic mass is 10.0. The second-order valence-corrected chi connectivity index (χ2v) is 7.73. The van der Waals surface area contributed by atoms with Crippen molar-refractivity contribution < 1.29 is 14.3 Å². The van der Waals surface area contributed by atoms with E-state index in [0.29, 0.717) is 52.3 Å². The Labute approximate surface area is 178 Å². The second-order valence-electron chi connectivity index (χ2n) is 6.48. The van der Waals surface area contributed by atoms with Gasteiger partial charge in [-0.3, -0.25) is 9.59 Å². The lowest BCUT2D eigenvalue weighted by molar-refractivity contribution is -0.124. The van der Waals surface area contributed by atoms with Gasteiger partial charge in [0.1, 0.15) is 5.75 Å². The normalized spacial score (nSPS) is 14.6. The first-order valence-electron chi connectivity index (χ1n) is 8.85. The molecule has 1 saturated heterocycles. The van der Waals surface area contributed by atoms with E-state index in [1.807, 2.05) is 0 Å². The standard InChI is InChI=1S/C20H19Cl3N2O3/c21-13-5-6-18(17(23)11-13)28-12-19(26)24-14-7-9-25(10-8-14)20(27)15-3-1-2-4-16(15)22/h1-6,11,14H,7-10,12H2,(H,24,26). The van der Waals surface area contributed by atoms with E-state index in [0.717, 1.165) is 0 Å². The van der Waals surface area contributed by atoms with Crippen molar-refractivity contribution in [2.24, 2.45) is 0 Å². The van der Waals surface area contributed by atoms with Crippen LogP contribution < -0.4 is 10.1 Å². The molecule has 1 aliphatic rings. The third-order valence-electron chi connectivity index (χ3n) is 4.50. The van der Waals surface area contributed by atoms with Gasteiger partial charge in [0.25, 0.3) is 11.8 Å². The number of likely N-dealkylation sites (tertiary alicyclic amines) is 1. The van der Waals surface area contributed by atoms with Crippen LogP contribution in [0.1, 0.15) is 23.2 Å². The van der Waals surface area contributed by atoms with E-state index in [1.54, 1.807) is 47.4 Å². The van der Waals surface area contributed by atoms with Gasteiger partial charge in [-0.05, 0) is 43.2 Å². The number of nitrogens with one attached hydrogen (secondary N) is 1. The number of hydrogen-bond donors (Lipinski definition) is 1. The highest BCUT2D eigenvalue weighted by molar-refractivity contribution is 6.35. The Kier molecular flexibility index (Phi) is 7.05. The van der Waals surface area contributed by atoms with Gasteiger partial charge < -0.3 is 15.0 Å². The first-order chi connectivity index (χ1) is 13.4. The number of carbonyl (C=O) groups excluding carboxylic acids is 2. The second kappa shape index (κ2) is 9.50. The molecule has 0 unspecified atom stereocenters. The maximum atomic E-state index is 12.6. The minimum absolute atomic E-state index is 0.00733. The number of halogens is 3. The molecule has 2 aromatic carbocycles. The van der Waals surface area contributed by atoms with Crippen LogP contribution in [-0.2, 0) is 4.79 Å². The monoisotopic (exact) mass is 440 g/mol. The molecule has 3 rings (SSSR count). The fraction of sp³-hybridized carbons (Fsp3) is 0.300. The minimum atomic E-state index is -0.234. The lowest BCUT2D eigenvalue weighted by Gasteiger charge is -2.32. The van der Waals surface area contributed by atoms with Crippen molar-refractivity contribution in [3.05, 3.63) is 63.1 Å². The molecule has 0 radical (unpaired) electrons. The van der Waals surface area contributed by atoms with Gasteiger partial charge >= 0.3 is 0 Å². The van der Waals surface area contributed by atoms with Gasteiger partial charge in [-0.2, -0.15) is 0 Å². The van der Waals surface area contributed by atoms with Crippen LogP contribution in [0.3, 0.4) is 0 Å². The number of amides is 2. The van der Waals surface area contributed by atoms with Crippen LogP contribution in [0.2, 0.25) is 15.1 Å². The van der Waals surface area contributed by atoms with E-state index in [9.17, 15) is 9.59 Å². The van der Waals surface area contributed by atoms with Gasteiger partial charge in [-0.1, -0.05) is 46.9 Å². The third kappa shape index (κ3) is 5.31. The highest BCUT2D eigenvalue weighted by atomic mass is 35.5. The van der Waals surface area contributed by atoms with Gasteiger partial charge in [0.05, 0.1) is 15.6 Å². The Morgan fingerprint density at radius 2 is 1.75 bits per heavy atom. The smallest absolute Gasteiger partial charge is 0.258 e. The van der Waals surface area contributed by atoms with Crippen LogP contribution in [0.5, 0.6) is 5.75 Å². The molecule has 8 heteroatoms. The Bertz CT molecular complexity index is 868. The summed E-state index contributed by atoms with van der Waals surface area (Å²) in [4.78, 5) is 26.5. The summed E-state index contributed by atoms with van der Waals surface area (Å²) in [7, 11) is 0. The number of hydrogen-bond acceptors (Lipinski definition) is 3. The molecule has 5 nitrogen and oxygen atoms in total. The SMILES string of the molecule is O=C(COc1ccc(Cl)cc1Cl)NC1CCN(C(=O)c2ccccc2Cl)CC1. The number of ether oxygens (including phenoxy) is 1. The van der Waals surface area contributed by atoms with Crippen LogP contribution in [0, 0.1) is 0 Å². The number of nitrogens with zero attached hydrogens (tertiary/aromatic N) is 1. The van der Waals surface area contributed by atoms with E-state index < -0.39 is 0 Å². The van der Waals surface area contributed by atoms with Crippen LogP contribution in [0.4, 0.5) is 0 Å². The third-order valence-corrected chi connectivity index (χ3v) is 5.36. The van der Waals surface area contributed by atoms with E-state index in [1.165, 1.54) is 0 Å². The number of piperidine rings is 1. The quantitative estimate of drug-likeness (QED) is 0.746. The molecule has 0 atom stereocenters. The van der Waals surface area contributed by atoms with Crippen molar-refractivity contribution in [2.45, 2.75) is 18.9 Å². The average molecular weight is 442 g/mol. The van der Waals surface area contributed by atoms with Crippen LogP contribution in [0.15, 0.2) is 42.5 Å². The molecule has 28 heavy (non-hydrogen) atoms. The van der Waals surface area contributed by atoms with Crippen molar-refractivity contribution in [1.29, 1.82) is 0 Å². The fourth-order valence-electron chi connectivity index (χ4n) is 3.04. The van der Waals surface area contributed by atoms with E-state index in [2.05, 4.69) is 5.32 Å². The van der Waals surface area contributed by atoms with Gasteiger partial charge in [0, 0.05) is 24.2 Å². The Morgan fingerprint density at radius 3 is 2.43 bits per heavy atom. The van der Waals surface area contributed by atoms with Crippen LogP contribution in [-0.4, -0.2) is 42.5 Å². The minimum Gasteiger partial charge on any atom is -0.482 e. The van der Waals surface area contributed by atoms with Crippen LogP contribution in [0.25, 0.3) is 0 Å². The summed E-state index contributed by atoms with van der Waals surface area (Å²) in [5, 5.41) is 4.23. The summed E-state index contributed by atoms with van der Waals surface area (Å²) in [6.07, 6.45) is 1.34. The lowest BCUT2D eigenvalue weighted by Crippen LogP contribution is -2.47. The van der Waals surface area contributed by atoms with E-state index in [-0.39, 0.29) is 24.5 Å². The molecule has 1 N–H and O–H groups in total. The van der Waals surface area contributed by atoms with E-state index >= 15 is 0 Å². The molecule has 1 fully saturated rings. The molecule has 0 aliphatic carbocycles. The van der Waals surface area contributed by atoms with Gasteiger partial charge in [0.15, 0.2) is 6.61 Å². The molecular weight excluding hydrogens is 423 g/mol. The van der Waals surface area contributed by atoms with Gasteiger partial charge in [-0.25, -0.2) is 0 Å². The summed E-state index contributed by atoms with van der Waals surface area (Å²) in [5.41, 5.74) is 0.500. The zero-order chi connectivity index (χ0) is 20.1. The highest BCUT2D eigenvalue weighted by Crippen LogP contribution is 2.27. The summed E-state index contributed by atoms with van der Waals surface area (Å²) < 4.78 is 5.44. The Balaban J connectivity index is 1.45. The predicted molar refractivity (Wildman–Crippen MR) is 110 cm³/mol. The zero-order valence-corrected chi connectivity index (χ0v) is 17.2. The topological polar surface area (TPSA) is 58.6 Å². The van der Waals surface area contributed by atoms with Crippen LogP contribution >= 0.6 is 34.8 Å². The van der Waals surface area contributed by atoms with E-state index in [4.69, 9.17) is 39.5 Å². The predicted octanol–water partition coefficient (Wildman–Crippen LogP) is 4.45. The van der Waals surface area contributed by atoms with Crippen molar-refractivity contribution in [3.63, 3.8) is 0 Å². The molecule has 2 aromatic rings. The van der Waals surface area contributed by atoms with Crippen molar-refractivity contribution >= 4 is 46.6 Å². The Hall–Kier alpha value is -1.95. The Morgan fingerprint density at radius 1 is 1.04 bits per heavy atom. The summed E-state index contributed by atoms with van der Waals surface area (Å²) in [6, 6.07) is 11.8. The summed E-state index contributed by atoms with van der Waals surface area (Å²) >= 11 is 18.0. The molecular formula is C20H19Cl3N2O3. The van der Waals surface area contributed by atoms with Crippen molar-refractivity contribution in [1.82, 2.24) is 10.2 Å². The molecule has 0 aromatic heterocycles. The first kappa shape index (κ1) is 20.8. The molecule has 0 bridgehead atoms. The number of carbonyl (C=O) groups is 2. The average Bonchev–Trinajstić information content (AvgIpc) is 2.68. The van der Waals surface area contributed by atoms with Crippen molar-refractivity contribution in [2.75, 3.05) is 19.7 Å². The fourth-order valence-corrected chi connectivity index (χ4v) is 3.72. The van der Waals surface area contributed by atoms with Crippen molar-refractivity contribution in [3.8, 4) is 5.75 Å². The maximum Gasteiger partial charge on any atom is 0.258 e.